The highest BCUT2D eigenvalue weighted by atomic mass is 16.5. The third-order valence-corrected chi connectivity index (χ3v) is 6.66. The van der Waals surface area contributed by atoms with Crippen molar-refractivity contribution in [1.82, 2.24) is 10.6 Å². The first-order chi connectivity index (χ1) is 16.9. The summed E-state index contributed by atoms with van der Waals surface area (Å²) in [6.45, 7) is 0.527. The molecule has 2 amide bonds. The van der Waals surface area contributed by atoms with Crippen LogP contribution in [0.25, 0.3) is 11.1 Å². The molecule has 3 N–H and O–H groups in total. The molecule has 2 unspecified atom stereocenters. The number of aliphatic carboxylic acids is 1. The topological polar surface area (TPSA) is 123 Å². The fraction of sp³-hybridized carbons (Fsp3) is 0.423. The minimum absolute atomic E-state index is 0.0329. The van der Waals surface area contributed by atoms with E-state index in [1.807, 2.05) is 36.4 Å². The standard InChI is InChI=1S/C26H30N2O7/c1-33-14-22(23(29)30)28-24(31)26(11-6-12-34-16-26)15-27-25(32)35-13-21-19-9-4-2-7-17(19)18-8-3-5-10-20(18)21/h2-5,7-10,21-22H,6,11-16H2,1H3,(H,27,32)(H,28,31)(H,29,30). The summed E-state index contributed by atoms with van der Waals surface area (Å²) in [5.41, 5.74) is 3.39. The minimum Gasteiger partial charge on any atom is -0.480 e. The second kappa shape index (κ2) is 10.9. The van der Waals surface area contributed by atoms with Gasteiger partial charge in [-0.15, -0.1) is 0 Å². The first kappa shape index (κ1) is 24.7. The quantitative estimate of drug-likeness (QED) is 0.502. The summed E-state index contributed by atoms with van der Waals surface area (Å²) in [4.78, 5) is 37.2. The van der Waals surface area contributed by atoms with Crippen LogP contribution in [-0.2, 0) is 23.8 Å². The molecule has 0 aromatic heterocycles. The summed E-state index contributed by atoms with van der Waals surface area (Å²) in [5, 5.41) is 14.6. The number of carboxylic acid groups (broad SMARTS) is 1. The highest BCUT2D eigenvalue weighted by Gasteiger charge is 2.42. The number of amides is 2. The van der Waals surface area contributed by atoms with Gasteiger partial charge in [-0.1, -0.05) is 48.5 Å². The first-order valence-corrected chi connectivity index (χ1v) is 11.6. The number of carbonyl (C=O) groups is 3. The van der Waals surface area contributed by atoms with E-state index in [-0.39, 0.29) is 32.3 Å². The van der Waals surface area contributed by atoms with Gasteiger partial charge in [0, 0.05) is 26.2 Å². The maximum atomic E-state index is 13.1. The number of alkyl carbamates (subject to hydrolysis) is 1. The van der Waals surface area contributed by atoms with E-state index >= 15 is 0 Å². The van der Waals surface area contributed by atoms with Crippen molar-refractivity contribution in [2.75, 3.05) is 40.1 Å². The predicted molar refractivity (Wildman–Crippen MR) is 127 cm³/mol. The van der Waals surface area contributed by atoms with Crippen molar-refractivity contribution in [3.8, 4) is 11.1 Å². The van der Waals surface area contributed by atoms with Crippen LogP contribution in [0.15, 0.2) is 48.5 Å². The fourth-order valence-electron chi connectivity index (χ4n) is 4.79. The molecule has 4 rings (SSSR count). The number of fused-ring (bicyclic) bond motifs is 3. The molecule has 2 aromatic rings. The Morgan fingerprint density at radius 2 is 1.77 bits per heavy atom. The number of carboxylic acids is 1. The maximum absolute atomic E-state index is 13.1. The van der Waals surface area contributed by atoms with E-state index in [1.165, 1.54) is 7.11 Å². The van der Waals surface area contributed by atoms with Gasteiger partial charge < -0.3 is 30.0 Å². The molecule has 9 heteroatoms. The van der Waals surface area contributed by atoms with E-state index in [1.54, 1.807) is 0 Å². The number of carbonyl (C=O) groups excluding carboxylic acids is 2. The van der Waals surface area contributed by atoms with E-state index in [2.05, 4.69) is 22.8 Å². The van der Waals surface area contributed by atoms with Crippen LogP contribution in [-0.4, -0.2) is 69.2 Å². The molecule has 2 aliphatic rings. The summed E-state index contributed by atoms with van der Waals surface area (Å²) >= 11 is 0. The van der Waals surface area contributed by atoms with Crippen molar-refractivity contribution in [2.24, 2.45) is 5.41 Å². The normalized spacial score (nSPS) is 19.8. The molecule has 1 heterocycles. The molecule has 0 saturated carbocycles. The molecule has 0 bridgehead atoms. The number of nitrogens with one attached hydrogen (secondary N) is 2. The van der Waals surface area contributed by atoms with Gasteiger partial charge in [0.2, 0.25) is 5.91 Å². The SMILES string of the molecule is COCC(NC(=O)C1(CNC(=O)OCC2c3ccccc3-c3ccccc32)CCCOC1)C(=O)O. The molecule has 1 saturated heterocycles. The second-order valence-corrected chi connectivity index (χ2v) is 8.94. The molecule has 1 aliphatic heterocycles. The molecule has 1 aliphatic carbocycles. The van der Waals surface area contributed by atoms with Crippen molar-refractivity contribution >= 4 is 18.0 Å². The fourth-order valence-corrected chi connectivity index (χ4v) is 4.79. The van der Waals surface area contributed by atoms with Gasteiger partial charge in [-0.3, -0.25) is 4.79 Å². The lowest BCUT2D eigenvalue weighted by Gasteiger charge is -2.36. The van der Waals surface area contributed by atoms with Crippen LogP contribution in [0.5, 0.6) is 0 Å². The zero-order valence-corrected chi connectivity index (χ0v) is 19.6. The Balaban J connectivity index is 1.39. The Hall–Kier alpha value is -3.43. The number of methoxy groups -OCH3 is 1. The van der Waals surface area contributed by atoms with E-state index < -0.39 is 29.4 Å². The van der Waals surface area contributed by atoms with Crippen molar-refractivity contribution in [3.63, 3.8) is 0 Å². The number of hydrogen-bond donors (Lipinski definition) is 3. The molecule has 9 nitrogen and oxygen atoms in total. The van der Waals surface area contributed by atoms with Crippen LogP contribution in [0.2, 0.25) is 0 Å². The van der Waals surface area contributed by atoms with Gasteiger partial charge in [0.15, 0.2) is 6.04 Å². The van der Waals surface area contributed by atoms with Crippen LogP contribution in [0.1, 0.15) is 29.9 Å². The summed E-state index contributed by atoms with van der Waals surface area (Å²) in [7, 11) is 1.36. The lowest BCUT2D eigenvalue weighted by atomic mass is 9.81. The number of ether oxygens (including phenoxy) is 3. The molecular weight excluding hydrogens is 452 g/mol. The van der Waals surface area contributed by atoms with Gasteiger partial charge in [0.05, 0.1) is 18.6 Å². The third-order valence-electron chi connectivity index (χ3n) is 6.66. The molecule has 0 radical (unpaired) electrons. The van der Waals surface area contributed by atoms with Crippen LogP contribution in [0, 0.1) is 5.41 Å². The lowest BCUT2D eigenvalue weighted by molar-refractivity contribution is -0.148. The monoisotopic (exact) mass is 482 g/mol. The second-order valence-electron chi connectivity index (χ2n) is 8.94. The average Bonchev–Trinajstić information content (AvgIpc) is 3.20. The van der Waals surface area contributed by atoms with E-state index in [0.29, 0.717) is 19.4 Å². The number of hydrogen-bond acceptors (Lipinski definition) is 6. The summed E-state index contributed by atoms with van der Waals surface area (Å²) in [6.07, 6.45) is 0.417. The average molecular weight is 483 g/mol. The van der Waals surface area contributed by atoms with Crippen molar-refractivity contribution in [2.45, 2.75) is 24.8 Å². The van der Waals surface area contributed by atoms with E-state index in [4.69, 9.17) is 14.2 Å². The van der Waals surface area contributed by atoms with E-state index in [0.717, 1.165) is 22.3 Å². The van der Waals surface area contributed by atoms with Gasteiger partial charge in [0.25, 0.3) is 0 Å². The Bertz CT molecular complexity index is 1040. The summed E-state index contributed by atoms with van der Waals surface area (Å²) in [5.74, 6) is -1.77. The molecule has 0 spiro atoms. The van der Waals surface area contributed by atoms with Gasteiger partial charge in [0.1, 0.15) is 6.61 Å². The summed E-state index contributed by atoms with van der Waals surface area (Å²) < 4.78 is 16.0. The third kappa shape index (κ3) is 5.31. The lowest BCUT2D eigenvalue weighted by Crippen LogP contribution is -2.56. The molecule has 2 atom stereocenters. The molecule has 35 heavy (non-hydrogen) atoms. The molecule has 1 fully saturated rings. The Morgan fingerprint density at radius 1 is 1.11 bits per heavy atom. The van der Waals surface area contributed by atoms with Gasteiger partial charge in [-0.2, -0.15) is 0 Å². The summed E-state index contributed by atoms with van der Waals surface area (Å²) in [6, 6.07) is 14.9. The Morgan fingerprint density at radius 3 is 2.34 bits per heavy atom. The highest BCUT2D eigenvalue weighted by Crippen LogP contribution is 2.44. The maximum Gasteiger partial charge on any atom is 0.407 e. The molecular formula is C26H30N2O7. The largest absolute Gasteiger partial charge is 0.480 e. The zero-order chi connectivity index (χ0) is 24.8. The number of benzene rings is 2. The number of rotatable bonds is 9. The van der Waals surface area contributed by atoms with Crippen LogP contribution in [0.3, 0.4) is 0 Å². The van der Waals surface area contributed by atoms with Crippen molar-refractivity contribution in [3.05, 3.63) is 59.7 Å². The van der Waals surface area contributed by atoms with Crippen molar-refractivity contribution in [1.29, 1.82) is 0 Å². The van der Waals surface area contributed by atoms with Crippen LogP contribution >= 0.6 is 0 Å². The molecule has 186 valence electrons. The first-order valence-electron chi connectivity index (χ1n) is 11.6. The van der Waals surface area contributed by atoms with Gasteiger partial charge in [-0.05, 0) is 35.1 Å². The van der Waals surface area contributed by atoms with Gasteiger partial charge >= 0.3 is 12.1 Å². The van der Waals surface area contributed by atoms with Gasteiger partial charge in [-0.25, -0.2) is 9.59 Å². The minimum atomic E-state index is -1.20. The van der Waals surface area contributed by atoms with Crippen LogP contribution < -0.4 is 10.6 Å². The van der Waals surface area contributed by atoms with Crippen LogP contribution in [0.4, 0.5) is 4.79 Å². The zero-order valence-electron chi connectivity index (χ0n) is 19.6. The Kier molecular flexibility index (Phi) is 7.67. The smallest absolute Gasteiger partial charge is 0.407 e. The Labute approximate surface area is 203 Å². The van der Waals surface area contributed by atoms with E-state index in [9.17, 15) is 19.5 Å². The van der Waals surface area contributed by atoms with Crippen molar-refractivity contribution < 1.29 is 33.7 Å². The predicted octanol–water partition coefficient (Wildman–Crippen LogP) is 2.54. The highest BCUT2D eigenvalue weighted by molar-refractivity contribution is 5.88. The molecule has 2 aromatic carbocycles.